The molecule has 0 unspecified atom stereocenters. The smallest absolute Gasteiger partial charge is 0.387 e. The predicted molar refractivity (Wildman–Crippen MR) is 74.7 cm³/mol. The largest absolute Gasteiger partial charge is 0.480 e. The van der Waals surface area contributed by atoms with Crippen molar-refractivity contribution in [2.24, 2.45) is 5.92 Å². The molecule has 1 aromatic carbocycles. The Hall–Kier alpha value is -1.45. The lowest BCUT2D eigenvalue weighted by molar-refractivity contribution is -0.140. The molecule has 22 heavy (non-hydrogen) atoms. The molecule has 1 atom stereocenters. The minimum absolute atomic E-state index is 0.0292. The zero-order chi connectivity index (χ0) is 17.1. The molecule has 10 heteroatoms. The van der Waals surface area contributed by atoms with Crippen molar-refractivity contribution in [1.29, 1.82) is 0 Å². The molecule has 0 saturated carbocycles. The molecule has 0 radical (unpaired) electrons. The summed E-state index contributed by atoms with van der Waals surface area (Å²) in [5.41, 5.74) is 0. The fourth-order valence-corrected chi connectivity index (χ4v) is 3.32. The van der Waals surface area contributed by atoms with Gasteiger partial charge in [-0.1, -0.05) is 25.4 Å². The van der Waals surface area contributed by atoms with Gasteiger partial charge in [0.1, 0.15) is 16.7 Å². The molecule has 0 spiro atoms. The maximum absolute atomic E-state index is 12.3. The molecule has 0 bridgehead atoms. The number of rotatable bonds is 7. The molecule has 0 aliphatic rings. The molecule has 0 aliphatic heterocycles. The quantitative estimate of drug-likeness (QED) is 0.781. The van der Waals surface area contributed by atoms with Crippen LogP contribution < -0.4 is 9.46 Å². The summed E-state index contributed by atoms with van der Waals surface area (Å²) in [6.07, 6.45) is 0. The van der Waals surface area contributed by atoms with Crippen molar-refractivity contribution in [3.63, 3.8) is 0 Å². The Bertz CT molecular complexity index is 651. The van der Waals surface area contributed by atoms with Crippen LogP contribution in [0.2, 0.25) is 5.02 Å². The summed E-state index contributed by atoms with van der Waals surface area (Å²) in [6.45, 7) is -0.249. The first-order chi connectivity index (χ1) is 10.0. The van der Waals surface area contributed by atoms with E-state index in [1.807, 2.05) is 4.72 Å². The van der Waals surface area contributed by atoms with E-state index >= 15 is 0 Å². The molecular weight excluding hydrogens is 344 g/mol. The number of benzene rings is 1. The van der Waals surface area contributed by atoms with Gasteiger partial charge in [0.15, 0.2) is 0 Å². The van der Waals surface area contributed by atoms with Crippen molar-refractivity contribution in [2.75, 3.05) is 0 Å². The standard InChI is InChI=1S/C12H14ClF2NO5S/c1-6(2)10(11(17)18)16-22(19,20)9-5-7(13)3-4-8(9)21-12(14)15/h3-6,10,12,16H,1-2H3,(H,17,18)/t10-/m1/s1. The Kier molecular flexibility index (Phi) is 6.09. The van der Waals surface area contributed by atoms with Crippen LogP contribution >= 0.6 is 11.6 Å². The van der Waals surface area contributed by atoms with Gasteiger partial charge in [-0.05, 0) is 24.1 Å². The SMILES string of the molecule is CC(C)[C@@H](NS(=O)(=O)c1cc(Cl)ccc1OC(F)F)C(=O)O. The Labute approximate surface area is 131 Å². The zero-order valence-electron chi connectivity index (χ0n) is 11.6. The summed E-state index contributed by atoms with van der Waals surface area (Å²) in [5, 5.41) is 8.99. The van der Waals surface area contributed by atoms with Gasteiger partial charge in [0.25, 0.3) is 0 Å². The van der Waals surface area contributed by atoms with Crippen LogP contribution in [0, 0.1) is 5.92 Å². The van der Waals surface area contributed by atoms with Gasteiger partial charge >= 0.3 is 12.6 Å². The molecule has 0 amide bonds. The molecule has 1 rings (SSSR count). The monoisotopic (exact) mass is 357 g/mol. The van der Waals surface area contributed by atoms with Crippen molar-refractivity contribution in [2.45, 2.75) is 31.4 Å². The molecule has 6 nitrogen and oxygen atoms in total. The van der Waals surface area contributed by atoms with E-state index in [1.54, 1.807) is 0 Å². The lowest BCUT2D eigenvalue weighted by Crippen LogP contribution is -2.44. The van der Waals surface area contributed by atoms with E-state index in [0.717, 1.165) is 12.1 Å². The Balaban J connectivity index is 3.27. The average molecular weight is 358 g/mol. The van der Waals surface area contributed by atoms with Crippen molar-refractivity contribution in [3.05, 3.63) is 23.2 Å². The summed E-state index contributed by atoms with van der Waals surface area (Å²) in [6, 6.07) is 1.62. The van der Waals surface area contributed by atoms with Crippen LogP contribution in [0.25, 0.3) is 0 Å². The van der Waals surface area contributed by atoms with E-state index in [1.165, 1.54) is 19.9 Å². The van der Waals surface area contributed by atoms with Gasteiger partial charge in [0.2, 0.25) is 10.0 Å². The van der Waals surface area contributed by atoms with Crippen LogP contribution in [0.3, 0.4) is 0 Å². The Morgan fingerprint density at radius 1 is 1.36 bits per heavy atom. The van der Waals surface area contributed by atoms with E-state index in [9.17, 15) is 22.0 Å². The predicted octanol–water partition coefficient (Wildman–Crippen LogP) is 2.33. The lowest BCUT2D eigenvalue weighted by Gasteiger charge is -2.19. The number of carboxylic acids is 1. The first-order valence-electron chi connectivity index (χ1n) is 6.04. The third kappa shape index (κ3) is 4.79. The average Bonchev–Trinajstić information content (AvgIpc) is 2.37. The maximum atomic E-state index is 12.3. The summed E-state index contributed by atoms with van der Waals surface area (Å²) in [7, 11) is -4.42. The van der Waals surface area contributed by atoms with Gasteiger partial charge < -0.3 is 9.84 Å². The second kappa shape index (κ2) is 7.21. The number of alkyl halides is 2. The minimum atomic E-state index is -4.42. The fraction of sp³-hybridized carbons (Fsp3) is 0.417. The zero-order valence-corrected chi connectivity index (χ0v) is 13.2. The lowest BCUT2D eigenvalue weighted by atomic mass is 10.1. The van der Waals surface area contributed by atoms with Crippen LogP contribution in [0.1, 0.15) is 13.8 Å². The van der Waals surface area contributed by atoms with E-state index in [0.29, 0.717) is 0 Å². The number of ether oxygens (including phenoxy) is 1. The molecule has 2 N–H and O–H groups in total. The van der Waals surface area contributed by atoms with Gasteiger partial charge in [0.05, 0.1) is 0 Å². The summed E-state index contributed by atoms with van der Waals surface area (Å²) in [4.78, 5) is 10.4. The number of sulfonamides is 1. The van der Waals surface area contributed by atoms with Crippen LogP contribution in [-0.4, -0.2) is 32.1 Å². The summed E-state index contributed by atoms with van der Waals surface area (Å²) in [5.74, 6) is -2.58. The van der Waals surface area contributed by atoms with Crippen LogP contribution in [0.15, 0.2) is 23.1 Å². The van der Waals surface area contributed by atoms with Gasteiger partial charge in [-0.2, -0.15) is 13.5 Å². The number of carboxylic acid groups (broad SMARTS) is 1. The number of hydrogen-bond acceptors (Lipinski definition) is 4. The number of halogens is 3. The van der Waals surface area contributed by atoms with Crippen molar-refractivity contribution in [1.82, 2.24) is 4.72 Å². The molecule has 0 aliphatic carbocycles. The van der Waals surface area contributed by atoms with E-state index in [4.69, 9.17) is 16.7 Å². The normalized spacial score (nSPS) is 13.4. The van der Waals surface area contributed by atoms with E-state index in [-0.39, 0.29) is 5.02 Å². The van der Waals surface area contributed by atoms with Crippen LogP contribution in [0.4, 0.5) is 8.78 Å². The van der Waals surface area contributed by atoms with Gasteiger partial charge in [-0.15, -0.1) is 0 Å². The summed E-state index contributed by atoms with van der Waals surface area (Å²) < 4.78 is 55.3. The molecule has 0 aromatic heterocycles. The van der Waals surface area contributed by atoms with Crippen LogP contribution in [0.5, 0.6) is 5.75 Å². The van der Waals surface area contributed by atoms with E-state index < -0.39 is 45.2 Å². The highest BCUT2D eigenvalue weighted by atomic mass is 35.5. The minimum Gasteiger partial charge on any atom is -0.480 e. The Morgan fingerprint density at radius 2 is 1.95 bits per heavy atom. The number of aliphatic carboxylic acids is 1. The molecule has 1 aromatic rings. The first-order valence-corrected chi connectivity index (χ1v) is 7.90. The molecule has 124 valence electrons. The van der Waals surface area contributed by atoms with Gasteiger partial charge in [-0.3, -0.25) is 4.79 Å². The third-order valence-corrected chi connectivity index (χ3v) is 4.32. The molecule has 0 fully saturated rings. The molecular formula is C12H14ClF2NO5S. The van der Waals surface area contributed by atoms with E-state index in [2.05, 4.69) is 4.74 Å². The second-order valence-electron chi connectivity index (χ2n) is 4.65. The van der Waals surface area contributed by atoms with Gasteiger partial charge in [0, 0.05) is 5.02 Å². The molecule has 0 heterocycles. The Morgan fingerprint density at radius 3 is 2.41 bits per heavy atom. The first kappa shape index (κ1) is 18.6. The highest BCUT2D eigenvalue weighted by molar-refractivity contribution is 7.89. The second-order valence-corrected chi connectivity index (χ2v) is 6.77. The number of carbonyl (C=O) groups is 1. The highest BCUT2D eigenvalue weighted by Crippen LogP contribution is 2.29. The van der Waals surface area contributed by atoms with Gasteiger partial charge in [-0.25, -0.2) is 8.42 Å². The van der Waals surface area contributed by atoms with Crippen molar-refractivity contribution in [3.8, 4) is 5.75 Å². The summed E-state index contributed by atoms with van der Waals surface area (Å²) >= 11 is 5.67. The number of hydrogen-bond donors (Lipinski definition) is 2. The molecule has 0 saturated heterocycles. The van der Waals surface area contributed by atoms with Crippen molar-refractivity contribution >= 4 is 27.6 Å². The van der Waals surface area contributed by atoms with Crippen molar-refractivity contribution < 1.29 is 31.8 Å². The van der Waals surface area contributed by atoms with Crippen LogP contribution in [-0.2, 0) is 14.8 Å². The third-order valence-electron chi connectivity index (χ3n) is 2.63. The number of nitrogens with one attached hydrogen (secondary N) is 1. The topological polar surface area (TPSA) is 92.7 Å². The highest BCUT2D eigenvalue weighted by Gasteiger charge is 2.30. The fourth-order valence-electron chi connectivity index (χ4n) is 1.59. The maximum Gasteiger partial charge on any atom is 0.387 e.